The molecule has 1 aromatic heterocycles. The average molecular weight is 323 g/mol. The van der Waals surface area contributed by atoms with E-state index in [4.69, 9.17) is 23.2 Å². The highest BCUT2D eigenvalue weighted by Gasteiger charge is 2.19. The molecule has 1 aliphatic heterocycles. The second-order valence-corrected chi connectivity index (χ2v) is 5.86. The van der Waals surface area contributed by atoms with Gasteiger partial charge in [-0.05, 0) is 42.8 Å². The van der Waals surface area contributed by atoms with E-state index in [-0.39, 0.29) is 0 Å². The summed E-state index contributed by atoms with van der Waals surface area (Å²) in [5.41, 5.74) is 2.10. The number of anilines is 2. The fraction of sp³-hybridized carbons (Fsp3) is 0.333. The summed E-state index contributed by atoms with van der Waals surface area (Å²) in [7, 11) is 0. The van der Waals surface area contributed by atoms with Gasteiger partial charge in [0.25, 0.3) is 0 Å². The lowest BCUT2D eigenvalue weighted by atomic mass is 10.2. The van der Waals surface area contributed by atoms with Crippen molar-refractivity contribution in [2.45, 2.75) is 6.92 Å². The van der Waals surface area contributed by atoms with E-state index >= 15 is 0 Å². The number of aryl methyl sites for hydroxylation is 1. The molecule has 6 heteroatoms. The monoisotopic (exact) mass is 322 g/mol. The normalized spacial score (nSPS) is 15.4. The molecule has 4 nitrogen and oxygen atoms in total. The first-order valence-electron chi connectivity index (χ1n) is 6.88. The lowest BCUT2D eigenvalue weighted by Gasteiger charge is -2.36. The second kappa shape index (κ2) is 6.08. The van der Waals surface area contributed by atoms with Crippen LogP contribution in [0.5, 0.6) is 0 Å². The largest absolute Gasteiger partial charge is 0.368 e. The zero-order chi connectivity index (χ0) is 14.8. The number of aromatic nitrogens is 2. The molecule has 0 amide bonds. The van der Waals surface area contributed by atoms with Gasteiger partial charge in [0.2, 0.25) is 5.28 Å². The van der Waals surface area contributed by atoms with Gasteiger partial charge in [-0.15, -0.1) is 0 Å². The van der Waals surface area contributed by atoms with E-state index in [2.05, 4.69) is 31.9 Å². The maximum atomic E-state index is 5.94. The van der Waals surface area contributed by atoms with Crippen molar-refractivity contribution in [3.63, 3.8) is 0 Å². The molecule has 1 saturated heterocycles. The van der Waals surface area contributed by atoms with E-state index in [9.17, 15) is 0 Å². The first-order valence-corrected chi connectivity index (χ1v) is 7.64. The first kappa shape index (κ1) is 14.4. The molecule has 1 aromatic carbocycles. The van der Waals surface area contributed by atoms with Gasteiger partial charge in [-0.1, -0.05) is 11.6 Å². The predicted molar refractivity (Wildman–Crippen MR) is 87.7 cm³/mol. The van der Waals surface area contributed by atoms with E-state index in [1.807, 2.05) is 25.1 Å². The molecule has 0 saturated carbocycles. The van der Waals surface area contributed by atoms with Crippen LogP contribution in [0.2, 0.25) is 10.3 Å². The second-order valence-electron chi connectivity index (χ2n) is 5.09. The molecule has 110 valence electrons. The van der Waals surface area contributed by atoms with Crippen LogP contribution in [-0.2, 0) is 0 Å². The van der Waals surface area contributed by atoms with Gasteiger partial charge in [-0.3, -0.25) is 0 Å². The number of nitrogens with zero attached hydrogens (tertiary/aromatic N) is 4. The van der Waals surface area contributed by atoms with Crippen LogP contribution in [-0.4, -0.2) is 36.1 Å². The van der Waals surface area contributed by atoms with E-state index < -0.39 is 0 Å². The summed E-state index contributed by atoms with van der Waals surface area (Å²) in [6.45, 7) is 5.65. The van der Waals surface area contributed by atoms with Crippen molar-refractivity contribution in [2.75, 3.05) is 36.0 Å². The molecule has 1 fully saturated rings. The minimum Gasteiger partial charge on any atom is -0.368 e. The van der Waals surface area contributed by atoms with Gasteiger partial charge in [0, 0.05) is 48.6 Å². The predicted octanol–water partition coefficient (Wildman–Crippen LogP) is 3.42. The fourth-order valence-electron chi connectivity index (χ4n) is 2.52. The maximum Gasteiger partial charge on any atom is 0.224 e. The number of piperazine rings is 1. The molecule has 0 N–H and O–H groups in total. The summed E-state index contributed by atoms with van der Waals surface area (Å²) >= 11 is 11.9. The number of hydrogen-bond donors (Lipinski definition) is 0. The lowest BCUT2D eigenvalue weighted by molar-refractivity contribution is 0.646. The molecule has 0 unspecified atom stereocenters. The Balaban J connectivity index is 1.68. The summed E-state index contributed by atoms with van der Waals surface area (Å²) in [5.74, 6) is 0.906. The standard InChI is InChI=1S/C15H16Cl2N4/c1-11-10-14(19-15(17)18-11)21-8-6-20(7-9-21)13-4-2-12(16)3-5-13/h2-5,10H,6-9H2,1H3. The number of benzene rings is 1. The highest BCUT2D eigenvalue weighted by Crippen LogP contribution is 2.22. The van der Waals surface area contributed by atoms with Crippen LogP contribution in [0.3, 0.4) is 0 Å². The Hall–Kier alpha value is -1.52. The summed E-state index contributed by atoms with van der Waals surface area (Å²) in [4.78, 5) is 13.0. The van der Waals surface area contributed by atoms with Gasteiger partial charge < -0.3 is 9.80 Å². The summed E-state index contributed by atoms with van der Waals surface area (Å²) in [6, 6.07) is 9.95. The van der Waals surface area contributed by atoms with Crippen molar-refractivity contribution in [1.82, 2.24) is 9.97 Å². The van der Waals surface area contributed by atoms with Gasteiger partial charge in [0.1, 0.15) is 5.82 Å². The molecule has 0 spiro atoms. The highest BCUT2D eigenvalue weighted by molar-refractivity contribution is 6.30. The minimum atomic E-state index is 0.310. The lowest BCUT2D eigenvalue weighted by Crippen LogP contribution is -2.46. The molecular weight excluding hydrogens is 307 g/mol. The summed E-state index contributed by atoms with van der Waals surface area (Å²) in [6.07, 6.45) is 0. The Bertz CT molecular complexity index is 602. The van der Waals surface area contributed by atoms with E-state index in [1.165, 1.54) is 5.69 Å². The molecule has 0 bridgehead atoms. The summed E-state index contributed by atoms with van der Waals surface area (Å²) in [5, 5.41) is 1.08. The van der Waals surface area contributed by atoms with Crippen LogP contribution in [0.1, 0.15) is 5.69 Å². The third-order valence-electron chi connectivity index (χ3n) is 3.61. The molecule has 21 heavy (non-hydrogen) atoms. The topological polar surface area (TPSA) is 32.3 Å². The van der Waals surface area contributed by atoms with E-state index in [0.717, 1.165) is 42.7 Å². The zero-order valence-corrected chi connectivity index (χ0v) is 13.3. The van der Waals surface area contributed by atoms with Gasteiger partial charge >= 0.3 is 0 Å². The molecule has 0 atom stereocenters. The number of halogens is 2. The van der Waals surface area contributed by atoms with Crippen LogP contribution in [0.25, 0.3) is 0 Å². The van der Waals surface area contributed by atoms with Crippen molar-refractivity contribution in [3.05, 3.63) is 46.3 Å². The Labute approximate surface area is 134 Å². The number of rotatable bonds is 2. The van der Waals surface area contributed by atoms with Crippen LogP contribution >= 0.6 is 23.2 Å². The van der Waals surface area contributed by atoms with Crippen LogP contribution in [0, 0.1) is 6.92 Å². The van der Waals surface area contributed by atoms with Gasteiger partial charge in [0.05, 0.1) is 0 Å². The SMILES string of the molecule is Cc1cc(N2CCN(c3ccc(Cl)cc3)CC2)nc(Cl)n1. The van der Waals surface area contributed by atoms with Crippen LogP contribution in [0.15, 0.2) is 30.3 Å². The van der Waals surface area contributed by atoms with E-state index in [0.29, 0.717) is 5.28 Å². The smallest absolute Gasteiger partial charge is 0.224 e. The Kier molecular flexibility index (Phi) is 4.17. The molecule has 3 rings (SSSR count). The Morgan fingerprint density at radius 1 is 0.905 bits per heavy atom. The molecule has 0 radical (unpaired) electrons. The van der Waals surface area contributed by atoms with Crippen LogP contribution in [0.4, 0.5) is 11.5 Å². The highest BCUT2D eigenvalue weighted by atomic mass is 35.5. The van der Waals surface area contributed by atoms with Crippen molar-refractivity contribution < 1.29 is 0 Å². The van der Waals surface area contributed by atoms with Crippen molar-refractivity contribution in [3.8, 4) is 0 Å². The molecular formula is C15H16Cl2N4. The van der Waals surface area contributed by atoms with Gasteiger partial charge in [0.15, 0.2) is 0 Å². The maximum absolute atomic E-state index is 5.94. The van der Waals surface area contributed by atoms with E-state index in [1.54, 1.807) is 0 Å². The van der Waals surface area contributed by atoms with Crippen molar-refractivity contribution >= 4 is 34.7 Å². The number of hydrogen-bond acceptors (Lipinski definition) is 4. The third-order valence-corrected chi connectivity index (χ3v) is 4.03. The van der Waals surface area contributed by atoms with Crippen molar-refractivity contribution in [2.24, 2.45) is 0 Å². The Morgan fingerprint density at radius 2 is 1.52 bits per heavy atom. The summed E-state index contributed by atoms with van der Waals surface area (Å²) < 4.78 is 0. The molecule has 2 heterocycles. The molecule has 1 aliphatic rings. The fourth-order valence-corrected chi connectivity index (χ4v) is 2.87. The van der Waals surface area contributed by atoms with Crippen molar-refractivity contribution in [1.29, 1.82) is 0 Å². The van der Waals surface area contributed by atoms with Gasteiger partial charge in [-0.25, -0.2) is 9.97 Å². The first-order chi connectivity index (χ1) is 10.1. The van der Waals surface area contributed by atoms with Gasteiger partial charge in [-0.2, -0.15) is 0 Å². The minimum absolute atomic E-state index is 0.310. The average Bonchev–Trinajstić information content (AvgIpc) is 2.47. The third kappa shape index (κ3) is 3.39. The Morgan fingerprint density at radius 3 is 2.14 bits per heavy atom. The molecule has 2 aromatic rings. The zero-order valence-electron chi connectivity index (χ0n) is 11.8. The van der Waals surface area contributed by atoms with Crippen LogP contribution < -0.4 is 9.80 Å². The quantitative estimate of drug-likeness (QED) is 0.793. The molecule has 0 aliphatic carbocycles.